The normalized spacial score (nSPS) is 14.9. The summed E-state index contributed by atoms with van der Waals surface area (Å²) in [4.78, 5) is 12.3. The highest BCUT2D eigenvalue weighted by Gasteiger charge is 2.22. The van der Waals surface area contributed by atoms with Gasteiger partial charge < -0.3 is 10.1 Å². The molecule has 0 spiro atoms. The van der Waals surface area contributed by atoms with Crippen molar-refractivity contribution < 1.29 is 9.53 Å². The quantitative estimate of drug-likeness (QED) is 0.828. The molecule has 140 valence electrons. The highest BCUT2D eigenvalue weighted by Crippen LogP contribution is 2.24. The van der Waals surface area contributed by atoms with Crippen molar-refractivity contribution in [3.63, 3.8) is 0 Å². The Bertz CT molecular complexity index is 737. The van der Waals surface area contributed by atoms with Gasteiger partial charge in [0.05, 0.1) is 18.9 Å². The van der Waals surface area contributed by atoms with E-state index in [-0.39, 0.29) is 11.8 Å². The molecule has 0 bridgehead atoms. The molecule has 1 atom stereocenters. The Balaban J connectivity index is 1.54. The second kappa shape index (κ2) is 8.49. The van der Waals surface area contributed by atoms with Gasteiger partial charge in [-0.15, -0.1) is 0 Å². The number of aromatic nitrogens is 2. The van der Waals surface area contributed by atoms with Gasteiger partial charge >= 0.3 is 0 Å². The van der Waals surface area contributed by atoms with E-state index in [9.17, 15) is 4.79 Å². The highest BCUT2D eigenvalue weighted by molar-refractivity contribution is 5.76. The van der Waals surface area contributed by atoms with Crippen LogP contribution in [0.4, 0.5) is 0 Å². The number of carbonyl (C=O) groups is 1. The summed E-state index contributed by atoms with van der Waals surface area (Å²) in [6.07, 6.45) is 2.17. The molecule has 5 heteroatoms. The Morgan fingerprint density at radius 3 is 2.77 bits per heavy atom. The van der Waals surface area contributed by atoms with Crippen molar-refractivity contribution in [2.45, 2.75) is 58.6 Å². The summed E-state index contributed by atoms with van der Waals surface area (Å²) in [5.74, 6) is 0.312. The predicted octanol–water partition coefficient (Wildman–Crippen LogP) is 3.39. The van der Waals surface area contributed by atoms with Crippen LogP contribution in [0.2, 0.25) is 0 Å². The van der Waals surface area contributed by atoms with Crippen LogP contribution in [0.25, 0.3) is 0 Å². The Morgan fingerprint density at radius 2 is 2.04 bits per heavy atom. The first-order valence-electron chi connectivity index (χ1n) is 9.54. The molecule has 1 N–H and O–H groups in total. The number of benzene rings is 1. The van der Waals surface area contributed by atoms with Gasteiger partial charge in [-0.1, -0.05) is 37.3 Å². The molecule has 2 aromatic rings. The Labute approximate surface area is 155 Å². The molecule has 3 rings (SSSR count). The van der Waals surface area contributed by atoms with Crippen LogP contribution in [0.15, 0.2) is 30.3 Å². The van der Waals surface area contributed by atoms with Crippen molar-refractivity contribution in [1.29, 1.82) is 0 Å². The average Bonchev–Trinajstić information content (AvgIpc) is 3.02. The summed E-state index contributed by atoms with van der Waals surface area (Å²) in [5, 5.41) is 7.83. The van der Waals surface area contributed by atoms with Gasteiger partial charge in [-0.25, -0.2) is 0 Å². The molecule has 1 aliphatic rings. The van der Waals surface area contributed by atoms with Crippen molar-refractivity contribution in [3.8, 4) is 0 Å². The van der Waals surface area contributed by atoms with Crippen molar-refractivity contribution in [1.82, 2.24) is 15.1 Å². The number of ether oxygens (including phenoxy) is 1. The maximum absolute atomic E-state index is 12.3. The summed E-state index contributed by atoms with van der Waals surface area (Å²) in [7, 11) is 0. The SMILES string of the molecule is CC(CC(=O)NCCc1nn(C(C)C)c2c1COCC2)c1ccccc1. The van der Waals surface area contributed by atoms with Gasteiger partial charge in [0.25, 0.3) is 0 Å². The fourth-order valence-electron chi connectivity index (χ4n) is 3.53. The molecule has 1 aromatic heterocycles. The third-order valence-corrected chi connectivity index (χ3v) is 4.96. The molecular formula is C21H29N3O2. The second-order valence-corrected chi connectivity index (χ2v) is 7.33. The van der Waals surface area contributed by atoms with Crippen LogP contribution >= 0.6 is 0 Å². The number of nitrogens with one attached hydrogen (secondary N) is 1. The van der Waals surface area contributed by atoms with Crippen LogP contribution in [-0.2, 0) is 29.0 Å². The lowest BCUT2D eigenvalue weighted by Gasteiger charge is -2.16. The summed E-state index contributed by atoms with van der Waals surface area (Å²) in [6.45, 7) is 8.41. The maximum Gasteiger partial charge on any atom is 0.220 e. The number of hydrogen-bond acceptors (Lipinski definition) is 3. The summed E-state index contributed by atoms with van der Waals surface area (Å²) in [5.41, 5.74) is 4.77. The van der Waals surface area contributed by atoms with Crippen molar-refractivity contribution in [2.24, 2.45) is 0 Å². The third-order valence-electron chi connectivity index (χ3n) is 4.96. The maximum atomic E-state index is 12.3. The zero-order valence-corrected chi connectivity index (χ0v) is 16.0. The Morgan fingerprint density at radius 1 is 1.27 bits per heavy atom. The standard InChI is InChI=1S/C21H29N3O2/c1-15(2)24-20-10-12-26-14-18(20)19(23-24)9-11-22-21(25)13-16(3)17-7-5-4-6-8-17/h4-8,15-16H,9-14H2,1-3H3,(H,22,25). The average molecular weight is 355 g/mol. The molecule has 0 radical (unpaired) electrons. The van der Waals surface area contributed by atoms with E-state index in [0.29, 0.717) is 25.6 Å². The molecule has 0 saturated carbocycles. The lowest BCUT2D eigenvalue weighted by molar-refractivity contribution is -0.121. The number of carbonyl (C=O) groups excluding carboxylic acids is 1. The fourth-order valence-corrected chi connectivity index (χ4v) is 3.53. The Kier molecular flexibility index (Phi) is 6.09. The fraction of sp³-hybridized carbons (Fsp3) is 0.524. The topological polar surface area (TPSA) is 56.2 Å². The molecule has 2 heterocycles. The first kappa shape index (κ1) is 18.6. The molecule has 0 saturated heterocycles. The zero-order chi connectivity index (χ0) is 18.5. The minimum Gasteiger partial charge on any atom is -0.376 e. The van der Waals surface area contributed by atoms with Gasteiger partial charge in [0.15, 0.2) is 0 Å². The van der Waals surface area contributed by atoms with Gasteiger partial charge in [-0.2, -0.15) is 5.10 Å². The highest BCUT2D eigenvalue weighted by atomic mass is 16.5. The van der Waals surface area contributed by atoms with Crippen LogP contribution in [0.1, 0.15) is 61.7 Å². The van der Waals surface area contributed by atoms with Gasteiger partial charge in [-0.3, -0.25) is 9.48 Å². The number of amides is 1. The first-order valence-corrected chi connectivity index (χ1v) is 9.54. The van der Waals surface area contributed by atoms with Crippen LogP contribution in [0.3, 0.4) is 0 Å². The molecule has 0 fully saturated rings. The van der Waals surface area contributed by atoms with Gasteiger partial charge in [-0.05, 0) is 25.3 Å². The van der Waals surface area contributed by atoms with E-state index in [4.69, 9.17) is 9.84 Å². The molecular weight excluding hydrogens is 326 g/mol. The van der Waals surface area contributed by atoms with Crippen LogP contribution in [-0.4, -0.2) is 28.8 Å². The summed E-state index contributed by atoms with van der Waals surface area (Å²) >= 11 is 0. The monoisotopic (exact) mass is 355 g/mol. The molecule has 1 aliphatic heterocycles. The van der Waals surface area contributed by atoms with E-state index in [1.54, 1.807) is 0 Å². The lowest BCUT2D eigenvalue weighted by Crippen LogP contribution is -2.27. The van der Waals surface area contributed by atoms with Gasteiger partial charge in [0, 0.05) is 43.1 Å². The number of fused-ring (bicyclic) bond motifs is 1. The van der Waals surface area contributed by atoms with Crippen LogP contribution < -0.4 is 5.32 Å². The van der Waals surface area contributed by atoms with E-state index in [1.807, 2.05) is 18.2 Å². The van der Waals surface area contributed by atoms with Gasteiger partial charge in [0.2, 0.25) is 5.91 Å². The predicted molar refractivity (Wildman–Crippen MR) is 102 cm³/mol. The number of rotatable bonds is 7. The van der Waals surface area contributed by atoms with E-state index in [0.717, 1.165) is 25.1 Å². The first-order chi connectivity index (χ1) is 12.6. The molecule has 1 amide bonds. The molecule has 26 heavy (non-hydrogen) atoms. The van der Waals surface area contributed by atoms with Crippen molar-refractivity contribution in [3.05, 3.63) is 52.8 Å². The van der Waals surface area contributed by atoms with Crippen LogP contribution in [0, 0.1) is 0 Å². The smallest absolute Gasteiger partial charge is 0.220 e. The van der Waals surface area contributed by atoms with E-state index in [1.165, 1.54) is 16.8 Å². The molecule has 1 unspecified atom stereocenters. The zero-order valence-electron chi connectivity index (χ0n) is 16.0. The number of nitrogens with zero attached hydrogens (tertiary/aromatic N) is 2. The minimum absolute atomic E-state index is 0.0924. The molecule has 1 aromatic carbocycles. The largest absolute Gasteiger partial charge is 0.376 e. The van der Waals surface area contributed by atoms with Gasteiger partial charge in [0.1, 0.15) is 0 Å². The molecule has 0 aliphatic carbocycles. The summed E-state index contributed by atoms with van der Waals surface area (Å²) in [6, 6.07) is 10.5. The van der Waals surface area contributed by atoms with E-state index in [2.05, 4.69) is 42.9 Å². The lowest BCUT2D eigenvalue weighted by atomic mass is 9.97. The Hall–Kier alpha value is -2.14. The second-order valence-electron chi connectivity index (χ2n) is 7.33. The van der Waals surface area contributed by atoms with Crippen molar-refractivity contribution in [2.75, 3.05) is 13.2 Å². The van der Waals surface area contributed by atoms with Crippen LogP contribution in [0.5, 0.6) is 0 Å². The molecule has 5 nitrogen and oxygen atoms in total. The summed E-state index contributed by atoms with van der Waals surface area (Å²) < 4.78 is 7.74. The number of hydrogen-bond donors (Lipinski definition) is 1. The third kappa shape index (κ3) is 4.33. The van der Waals surface area contributed by atoms with E-state index < -0.39 is 0 Å². The van der Waals surface area contributed by atoms with Crippen molar-refractivity contribution >= 4 is 5.91 Å². The van der Waals surface area contributed by atoms with E-state index >= 15 is 0 Å². The minimum atomic E-state index is 0.0924.